The first-order chi connectivity index (χ1) is 15.4. The van der Waals surface area contributed by atoms with Gasteiger partial charge in [-0.15, -0.1) is 0 Å². The van der Waals surface area contributed by atoms with Gasteiger partial charge in [-0.2, -0.15) is 9.97 Å². The van der Waals surface area contributed by atoms with E-state index in [1.807, 2.05) is 24.5 Å². The monoisotopic (exact) mass is 516 g/mol. The standard InChI is InChI=1S/C18H23ClN6O6P2/c1-10(2)25-9-20-14-15(22-13-6-4-5-12(19)7-13)23-17(24-16(14)25)21-11(3)8-31-18(26,32-27)33(28,29)30/h4-7,9-11,26H,8H2,1-3H3,(H2,28,29,30)(H2,21,22,23,24). The fraction of sp³-hybridized carbons (Fsp3) is 0.389. The van der Waals surface area contributed by atoms with Gasteiger partial charge in [-0.1, -0.05) is 17.7 Å². The van der Waals surface area contributed by atoms with Gasteiger partial charge < -0.3 is 34.8 Å². The van der Waals surface area contributed by atoms with E-state index in [1.54, 1.807) is 31.5 Å². The van der Waals surface area contributed by atoms with Crippen molar-refractivity contribution in [3.8, 4) is 0 Å². The number of aliphatic hydroxyl groups is 1. The number of hydrogen-bond donors (Lipinski definition) is 5. The number of benzene rings is 1. The Morgan fingerprint density at radius 1 is 1.30 bits per heavy atom. The summed E-state index contributed by atoms with van der Waals surface area (Å²) >= 11 is 6.07. The van der Waals surface area contributed by atoms with Gasteiger partial charge in [0.2, 0.25) is 14.4 Å². The van der Waals surface area contributed by atoms with Gasteiger partial charge in [0.25, 0.3) is 0 Å². The highest BCUT2D eigenvalue weighted by Gasteiger charge is 2.49. The molecule has 15 heteroatoms. The molecule has 12 nitrogen and oxygen atoms in total. The minimum atomic E-state index is -5.20. The van der Waals surface area contributed by atoms with Gasteiger partial charge in [-0.25, -0.2) is 4.98 Å². The third kappa shape index (κ3) is 5.85. The van der Waals surface area contributed by atoms with E-state index >= 15 is 0 Å². The molecule has 0 saturated carbocycles. The molecule has 0 amide bonds. The number of aromatic nitrogens is 4. The lowest BCUT2D eigenvalue weighted by atomic mass is 10.3. The summed E-state index contributed by atoms with van der Waals surface area (Å²) in [6.07, 6.45) is 1.65. The maximum Gasteiger partial charge on any atom is 0.397 e. The summed E-state index contributed by atoms with van der Waals surface area (Å²) in [5, 5.41) is 13.3. The molecule has 0 fully saturated rings. The van der Waals surface area contributed by atoms with E-state index in [4.69, 9.17) is 26.1 Å². The number of rotatable bonds is 10. The normalized spacial score (nSPS) is 15.0. The number of nitrogens with zero attached hydrogens (tertiary/aromatic N) is 4. The molecule has 2 atom stereocenters. The van der Waals surface area contributed by atoms with Crippen LogP contribution in [0.15, 0.2) is 30.6 Å². The average Bonchev–Trinajstić information content (AvgIpc) is 3.16. The minimum absolute atomic E-state index is 0.0619. The molecule has 33 heavy (non-hydrogen) atoms. The Hall–Kier alpha value is -2.17. The predicted molar refractivity (Wildman–Crippen MR) is 124 cm³/mol. The second-order valence-electron chi connectivity index (χ2n) is 7.51. The van der Waals surface area contributed by atoms with Crippen molar-refractivity contribution in [2.45, 2.75) is 38.1 Å². The summed E-state index contributed by atoms with van der Waals surface area (Å²) in [6.45, 7) is 5.15. The van der Waals surface area contributed by atoms with Crippen LogP contribution < -0.4 is 10.6 Å². The van der Waals surface area contributed by atoms with E-state index in [0.29, 0.717) is 27.7 Å². The topological polar surface area (TPSA) is 172 Å². The number of ether oxygens (including phenoxy) is 1. The predicted octanol–water partition coefficient (Wildman–Crippen LogP) is 3.69. The molecule has 0 aliphatic rings. The van der Waals surface area contributed by atoms with Gasteiger partial charge >= 0.3 is 12.9 Å². The Labute approximate surface area is 195 Å². The zero-order valence-electron chi connectivity index (χ0n) is 17.9. The molecule has 3 rings (SSSR count). The van der Waals surface area contributed by atoms with Crippen molar-refractivity contribution in [3.05, 3.63) is 35.6 Å². The number of fused-ring (bicyclic) bond motifs is 1. The fourth-order valence-corrected chi connectivity index (χ4v) is 3.80. The van der Waals surface area contributed by atoms with Crippen LogP contribution in [0.2, 0.25) is 5.02 Å². The molecular formula is C18H23ClN6O6P2. The summed E-state index contributed by atoms with van der Waals surface area (Å²) in [6, 6.07) is 6.50. The maximum atomic E-state index is 11.4. The molecule has 3 aromatic rings. The van der Waals surface area contributed by atoms with E-state index in [-0.39, 0.29) is 12.0 Å². The zero-order chi connectivity index (χ0) is 24.4. The first-order valence-electron chi connectivity index (χ1n) is 9.73. The van der Waals surface area contributed by atoms with Crippen LogP contribution in [0.25, 0.3) is 11.2 Å². The molecule has 2 heterocycles. The molecule has 0 aliphatic carbocycles. The van der Waals surface area contributed by atoms with Crippen molar-refractivity contribution < 1.29 is 28.8 Å². The Balaban J connectivity index is 1.90. The largest absolute Gasteiger partial charge is 0.397 e. The van der Waals surface area contributed by atoms with Gasteiger partial charge in [0.15, 0.2) is 17.0 Å². The fourth-order valence-electron chi connectivity index (χ4n) is 2.81. The Kier molecular flexibility index (Phi) is 7.70. The van der Waals surface area contributed by atoms with Crippen LogP contribution in [-0.2, 0) is 13.9 Å². The first kappa shape index (κ1) is 25.5. The molecule has 0 saturated heterocycles. The molecule has 2 aromatic heterocycles. The third-order valence-electron chi connectivity index (χ3n) is 4.47. The Morgan fingerprint density at radius 2 is 2.03 bits per heavy atom. The van der Waals surface area contributed by atoms with Gasteiger partial charge in [0.05, 0.1) is 12.9 Å². The van der Waals surface area contributed by atoms with Gasteiger partial charge in [0, 0.05) is 22.8 Å². The van der Waals surface area contributed by atoms with Crippen LogP contribution in [0.1, 0.15) is 26.8 Å². The summed E-state index contributed by atoms with van der Waals surface area (Å²) in [7, 11) is -6.46. The van der Waals surface area contributed by atoms with Crippen LogP contribution >= 0.6 is 27.7 Å². The van der Waals surface area contributed by atoms with Crippen molar-refractivity contribution in [1.82, 2.24) is 19.5 Å². The lowest BCUT2D eigenvalue weighted by molar-refractivity contribution is -0.0893. The molecule has 0 bridgehead atoms. The van der Waals surface area contributed by atoms with E-state index < -0.39 is 34.0 Å². The van der Waals surface area contributed by atoms with E-state index in [9.17, 15) is 14.2 Å². The number of halogens is 1. The average molecular weight is 517 g/mol. The molecule has 0 aliphatic heterocycles. The van der Waals surface area contributed by atoms with Crippen molar-refractivity contribution in [2.24, 2.45) is 0 Å². The second kappa shape index (κ2) is 9.99. The quantitative estimate of drug-likeness (QED) is 0.196. The van der Waals surface area contributed by atoms with Crippen LogP contribution in [0.3, 0.4) is 0 Å². The van der Waals surface area contributed by atoms with Crippen LogP contribution in [0.5, 0.6) is 0 Å². The lowest BCUT2D eigenvalue weighted by Gasteiger charge is -2.24. The molecule has 178 valence electrons. The van der Waals surface area contributed by atoms with Gasteiger partial charge in [-0.3, -0.25) is 9.13 Å². The van der Waals surface area contributed by atoms with E-state index in [2.05, 4.69) is 25.6 Å². The summed E-state index contributed by atoms with van der Waals surface area (Å²) in [5.41, 5.74) is 1.76. The summed E-state index contributed by atoms with van der Waals surface area (Å²) in [5.74, 6) is 0.576. The Bertz CT molecular complexity index is 1200. The summed E-state index contributed by atoms with van der Waals surface area (Å²) in [4.78, 5) is 31.7. The molecule has 0 spiro atoms. The highest BCUT2D eigenvalue weighted by atomic mass is 35.5. The third-order valence-corrected chi connectivity index (χ3v) is 6.98. The van der Waals surface area contributed by atoms with E-state index in [0.717, 1.165) is 0 Å². The van der Waals surface area contributed by atoms with Crippen molar-refractivity contribution in [1.29, 1.82) is 0 Å². The smallest absolute Gasteiger partial charge is 0.349 e. The van der Waals surface area contributed by atoms with E-state index in [1.165, 1.54) is 0 Å². The van der Waals surface area contributed by atoms with Crippen LogP contribution in [-0.4, -0.2) is 52.3 Å². The first-order valence-corrected chi connectivity index (χ1v) is 12.5. The highest BCUT2D eigenvalue weighted by Crippen LogP contribution is 2.55. The Morgan fingerprint density at radius 3 is 2.64 bits per heavy atom. The highest BCUT2D eigenvalue weighted by molar-refractivity contribution is 7.62. The minimum Gasteiger partial charge on any atom is -0.349 e. The second-order valence-corrected chi connectivity index (χ2v) is 10.8. The van der Waals surface area contributed by atoms with Gasteiger partial charge in [-0.05, 0) is 39.0 Å². The lowest BCUT2D eigenvalue weighted by Crippen LogP contribution is -2.32. The maximum absolute atomic E-state index is 11.4. The molecule has 5 N–H and O–H groups in total. The zero-order valence-corrected chi connectivity index (χ0v) is 20.4. The number of nitrogens with one attached hydrogen (secondary N) is 2. The van der Waals surface area contributed by atoms with Crippen LogP contribution in [0, 0.1) is 0 Å². The number of anilines is 3. The molecule has 0 radical (unpaired) electrons. The number of hydrogen-bond acceptors (Lipinski definition) is 9. The molecular weight excluding hydrogens is 494 g/mol. The van der Waals surface area contributed by atoms with Crippen molar-refractivity contribution in [3.63, 3.8) is 0 Å². The van der Waals surface area contributed by atoms with Gasteiger partial charge in [0.1, 0.15) is 0 Å². The number of imidazole rings is 1. The molecule has 1 aromatic carbocycles. The van der Waals surface area contributed by atoms with Crippen molar-refractivity contribution in [2.75, 3.05) is 17.2 Å². The molecule has 2 unspecified atom stereocenters. The van der Waals surface area contributed by atoms with Crippen molar-refractivity contribution >= 4 is 56.3 Å². The van der Waals surface area contributed by atoms with Crippen LogP contribution in [0.4, 0.5) is 17.5 Å². The summed E-state index contributed by atoms with van der Waals surface area (Å²) < 4.78 is 29.1. The SMILES string of the molecule is CC(COC(O)(P=O)P(=O)(O)O)Nc1nc(Nc2cccc(Cl)c2)c2ncn(C(C)C)c2n1.